The third-order valence-electron chi connectivity index (χ3n) is 4.09. The Morgan fingerprint density at radius 1 is 1.39 bits per heavy atom. The summed E-state index contributed by atoms with van der Waals surface area (Å²) < 4.78 is 5.10. The van der Waals surface area contributed by atoms with Crippen LogP contribution < -0.4 is 10.2 Å². The molecule has 0 radical (unpaired) electrons. The van der Waals surface area contributed by atoms with Crippen molar-refractivity contribution in [2.75, 3.05) is 31.6 Å². The molecule has 6 heteroatoms. The predicted octanol–water partition coefficient (Wildman–Crippen LogP) is 1.53. The lowest BCUT2D eigenvalue weighted by atomic mass is 9.98. The highest BCUT2D eigenvalue weighted by Gasteiger charge is 2.29. The number of rotatable bonds is 6. The van der Waals surface area contributed by atoms with Gasteiger partial charge in [-0.15, -0.1) is 0 Å². The predicted molar refractivity (Wildman–Crippen MR) is 89.6 cm³/mol. The zero-order chi connectivity index (χ0) is 16.7. The third-order valence-corrected chi connectivity index (χ3v) is 4.42. The molecule has 1 aromatic carbocycles. The summed E-state index contributed by atoms with van der Waals surface area (Å²) in [4.78, 5) is 25.2. The van der Waals surface area contributed by atoms with E-state index >= 15 is 0 Å². The minimum absolute atomic E-state index is 0.0367. The fourth-order valence-electron chi connectivity index (χ4n) is 2.90. The molecule has 0 aliphatic carbocycles. The smallest absolute Gasteiger partial charge is 0.314 e. The number of piperidine rings is 1. The summed E-state index contributed by atoms with van der Waals surface area (Å²) in [5.41, 5.74) is 0.636. The van der Waals surface area contributed by atoms with Crippen LogP contribution >= 0.6 is 11.6 Å². The van der Waals surface area contributed by atoms with Crippen LogP contribution in [0.3, 0.4) is 0 Å². The van der Waals surface area contributed by atoms with E-state index in [0.717, 1.165) is 25.9 Å². The molecule has 1 amide bonds. The number of nitrogens with one attached hydrogen (secondary N) is 2. The maximum atomic E-state index is 12.1. The fourth-order valence-corrected chi connectivity index (χ4v) is 3.09. The molecular formula is C17H24ClN2O3+. The van der Waals surface area contributed by atoms with Gasteiger partial charge in [0.15, 0.2) is 0 Å². The molecule has 23 heavy (non-hydrogen) atoms. The van der Waals surface area contributed by atoms with E-state index in [-0.39, 0.29) is 17.8 Å². The van der Waals surface area contributed by atoms with E-state index in [4.69, 9.17) is 16.3 Å². The number of hydrogen-bond donors (Lipinski definition) is 2. The van der Waals surface area contributed by atoms with Gasteiger partial charge in [-0.1, -0.05) is 23.7 Å². The molecule has 1 saturated heterocycles. The maximum absolute atomic E-state index is 12.1. The second kappa shape index (κ2) is 8.89. The lowest BCUT2D eigenvalue weighted by Crippen LogP contribution is -3.13. The van der Waals surface area contributed by atoms with Crippen LogP contribution in [0.1, 0.15) is 26.2 Å². The Labute approximate surface area is 141 Å². The molecule has 1 fully saturated rings. The zero-order valence-corrected chi connectivity index (χ0v) is 14.2. The number of quaternary nitrogens is 1. The summed E-state index contributed by atoms with van der Waals surface area (Å²) >= 11 is 6.03. The van der Waals surface area contributed by atoms with Crippen LogP contribution in [0, 0.1) is 5.92 Å². The highest BCUT2D eigenvalue weighted by Crippen LogP contribution is 2.20. The molecule has 2 atom stereocenters. The van der Waals surface area contributed by atoms with Crippen molar-refractivity contribution in [1.29, 1.82) is 0 Å². The topological polar surface area (TPSA) is 59.8 Å². The van der Waals surface area contributed by atoms with E-state index in [1.54, 1.807) is 12.1 Å². The molecule has 126 valence electrons. The van der Waals surface area contributed by atoms with Gasteiger partial charge in [-0.2, -0.15) is 0 Å². The van der Waals surface area contributed by atoms with Crippen molar-refractivity contribution >= 4 is 29.2 Å². The van der Waals surface area contributed by atoms with E-state index in [1.165, 1.54) is 4.90 Å². The summed E-state index contributed by atoms with van der Waals surface area (Å²) in [5.74, 6) is -0.195. The summed E-state index contributed by atoms with van der Waals surface area (Å²) in [5, 5.41) is 3.36. The number of anilines is 1. The van der Waals surface area contributed by atoms with Gasteiger partial charge in [0.25, 0.3) is 0 Å². The third kappa shape index (κ3) is 5.52. The summed E-state index contributed by atoms with van der Waals surface area (Å²) in [6, 6.07) is 7.19. The monoisotopic (exact) mass is 339 g/mol. The normalized spacial score (nSPS) is 20.8. The zero-order valence-electron chi connectivity index (χ0n) is 13.4. The largest absolute Gasteiger partial charge is 0.466 e. The number of likely N-dealkylation sites (tertiary alicyclic amines) is 1. The minimum Gasteiger partial charge on any atom is -0.466 e. The average molecular weight is 340 g/mol. The number of para-hydroxylation sites is 1. The molecular weight excluding hydrogens is 316 g/mol. The highest BCUT2D eigenvalue weighted by atomic mass is 35.5. The summed E-state index contributed by atoms with van der Waals surface area (Å²) in [6.07, 6.45) is 2.29. The number of carbonyl (C=O) groups excluding carboxylic acids is 2. The second-order valence-electron chi connectivity index (χ2n) is 5.82. The van der Waals surface area contributed by atoms with Crippen molar-refractivity contribution in [3.63, 3.8) is 0 Å². The van der Waals surface area contributed by atoms with Gasteiger partial charge >= 0.3 is 5.97 Å². The van der Waals surface area contributed by atoms with Crippen molar-refractivity contribution in [2.45, 2.75) is 26.2 Å². The Kier molecular flexibility index (Phi) is 6.86. The molecule has 1 heterocycles. The first-order chi connectivity index (χ1) is 11.1. The quantitative estimate of drug-likeness (QED) is 0.773. The maximum Gasteiger partial charge on any atom is 0.314 e. The molecule has 0 saturated carbocycles. The van der Waals surface area contributed by atoms with Crippen LogP contribution in [-0.4, -0.2) is 38.1 Å². The SMILES string of the molecule is CCOC(=O)[C@H]1CCC[NH+](CCC(=O)Nc2ccccc2Cl)C1. The van der Waals surface area contributed by atoms with E-state index in [9.17, 15) is 9.59 Å². The Bertz CT molecular complexity index is 550. The van der Waals surface area contributed by atoms with E-state index in [0.29, 0.717) is 30.3 Å². The number of hydrogen-bond acceptors (Lipinski definition) is 3. The fraction of sp³-hybridized carbons (Fsp3) is 0.529. The van der Waals surface area contributed by atoms with Gasteiger partial charge in [-0.25, -0.2) is 0 Å². The minimum atomic E-state index is -0.106. The molecule has 0 spiro atoms. The first kappa shape index (κ1) is 17.8. The van der Waals surface area contributed by atoms with E-state index in [1.807, 2.05) is 19.1 Å². The lowest BCUT2D eigenvalue weighted by molar-refractivity contribution is -0.906. The first-order valence-electron chi connectivity index (χ1n) is 8.14. The molecule has 0 aromatic heterocycles. The molecule has 1 aromatic rings. The standard InChI is InChI=1S/C17H23ClN2O3/c1-2-23-17(22)13-6-5-10-20(12-13)11-9-16(21)19-15-8-4-3-7-14(15)18/h3-4,7-8,13H,2,5-6,9-12H2,1H3,(H,19,21)/p+1/t13-/m0/s1. The van der Waals surface area contributed by atoms with Crippen LogP contribution in [0.5, 0.6) is 0 Å². The second-order valence-corrected chi connectivity index (χ2v) is 6.23. The van der Waals surface area contributed by atoms with Gasteiger partial charge in [0.05, 0.1) is 43.4 Å². The molecule has 2 rings (SSSR count). The molecule has 1 unspecified atom stereocenters. The van der Waals surface area contributed by atoms with Crippen LogP contribution in [0.15, 0.2) is 24.3 Å². The van der Waals surface area contributed by atoms with E-state index in [2.05, 4.69) is 5.32 Å². The number of amides is 1. The number of ether oxygens (including phenoxy) is 1. The molecule has 1 aliphatic heterocycles. The van der Waals surface area contributed by atoms with Crippen molar-refractivity contribution in [1.82, 2.24) is 0 Å². The van der Waals surface area contributed by atoms with Gasteiger partial charge in [0, 0.05) is 0 Å². The van der Waals surface area contributed by atoms with Crippen LogP contribution in [0.25, 0.3) is 0 Å². The van der Waals surface area contributed by atoms with Crippen molar-refractivity contribution in [2.24, 2.45) is 5.92 Å². The Balaban J connectivity index is 1.77. The van der Waals surface area contributed by atoms with Crippen LogP contribution in [0.4, 0.5) is 5.69 Å². The van der Waals surface area contributed by atoms with Crippen LogP contribution in [-0.2, 0) is 14.3 Å². The van der Waals surface area contributed by atoms with Gasteiger partial charge in [-0.05, 0) is 31.9 Å². The molecule has 1 aliphatic rings. The van der Waals surface area contributed by atoms with Gasteiger partial charge in [-0.3, -0.25) is 9.59 Å². The van der Waals surface area contributed by atoms with Crippen molar-refractivity contribution in [3.05, 3.63) is 29.3 Å². The van der Waals surface area contributed by atoms with Crippen LogP contribution in [0.2, 0.25) is 5.02 Å². The van der Waals surface area contributed by atoms with Crippen molar-refractivity contribution in [3.8, 4) is 0 Å². The average Bonchev–Trinajstić information content (AvgIpc) is 2.56. The van der Waals surface area contributed by atoms with E-state index < -0.39 is 0 Å². The Morgan fingerprint density at radius 3 is 2.91 bits per heavy atom. The highest BCUT2D eigenvalue weighted by molar-refractivity contribution is 6.33. The van der Waals surface area contributed by atoms with Crippen molar-refractivity contribution < 1.29 is 19.2 Å². The summed E-state index contributed by atoms with van der Waals surface area (Å²) in [7, 11) is 0. The number of benzene rings is 1. The summed E-state index contributed by atoms with van der Waals surface area (Å²) in [6.45, 7) is 4.70. The van der Waals surface area contributed by atoms with Gasteiger partial charge in [0.1, 0.15) is 5.92 Å². The number of carbonyl (C=O) groups is 2. The lowest BCUT2D eigenvalue weighted by Gasteiger charge is -2.28. The van der Waals surface area contributed by atoms with Gasteiger partial charge < -0.3 is 15.0 Å². The Hall–Kier alpha value is -1.59. The number of halogens is 1. The van der Waals surface area contributed by atoms with Gasteiger partial charge in [0.2, 0.25) is 5.91 Å². The first-order valence-corrected chi connectivity index (χ1v) is 8.52. The molecule has 2 N–H and O–H groups in total. The molecule has 5 nitrogen and oxygen atoms in total. The molecule has 0 bridgehead atoms. The Morgan fingerprint density at radius 2 is 2.17 bits per heavy atom. The number of esters is 1.